The van der Waals surface area contributed by atoms with E-state index in [2.05, 4.69) is 22.5 Å². The average molecular weight is 262 g/mol. The lowest BCUT2D eigenvalue weighted by Crippen LogP contribution is -1.92. The highest BCUT2D eigenvalue weighted by Crippen LogP contribution is 2.32. The summed E-state index contributed by atoms with van der Waals surface area (Å²) in [5.74, 6) is 0.761. The van der Waals surface area contributed by atoms with Crippen LogP contribution in [0.4, 0.5) is 0 Å². The van der Waals surface area contributed by atoms with Gasteiger partial charge in [-0.05, 0) is 17.7 Å². The van der Waals surface area contributed by atoms with Crippen molar-refractivity contribution in [2.24, 2.45) is 0 Å². The first-order chi connectivity index (χ1) is 6.20. The maximum Gasteiger partial charge on any atom is 0.127 e. The van der Waals surface area contributed by atoms with E-state index in [4.69, 9.17) is 16.3 Å². The van der Waals surface area contributed by atoms with E-state index < -0.39 is 0 Å². The number of alkyl halides is 1. The molecule has 1 aromatic carbocycles. The molecule has 0 aromatic heterocycles. The van der Waals surface area contributed by atoms with E-state index in [0.717, 1.165) is 16.9 Å². The second-order valence-corrected chi connectivity index (χ2v) is 3.52. The van der Waals surface area contributed by atoms with Gasteiger partial charge < -0.3 is 4.74 Å². The lowest BCUT2D eigenvalue weighted by molar-refractivity contribution is 0.413. The van der Waals surface area contributed by atoms with Crippen LogP contribution in [0.5, 0.6) is 5.75 Å². The van der Waals surface area contributed by atoms with Crippen molar-refractivity contribution in [3.63, 3.8) is 0 Å². The summed E-state index contributed by atoms with van der Waals surface area (Å²) in [7, 11) is 1.62. The summed E-state index contributed by atoms with van der Waals surface area (Å²) >= 11 is 9.36. The number of ether oxygens (including phenoxy) is 1. The van der Waals surface area contributed by atoms with Crippen molar-refractivity contribution in [3.8, 4) is 5.75 Å². The molecule has 0 aliphatic carbocycles. The van der Waals surface area contributed by atoms with E-state index in [1.807, 2.05) is 18.2 Å². The largest absolute Gasteiger partial charge is 0.496 e. The van der Waals surface area contributed by atoms with Crippen molar-refractivity contribution in [1.82, 2.24) is 0 Å². The van der Waals surface area contributed by atoms with Crippen molar-refractivity contribution >= 4 is 33.1 Å². The fourth-order valence-electron chi connectivity index (χ4n) is 1.08. The van der Waals surface area contributed by atoms with Crippen LogP contribution < -0.4 is 4.74 Å². The van der Waals surface area contributed by atoms with Gasteiger partial charge in [-0.2, -0.15) is 0 Å². The molecule has 0 aliphatic rings. The number of hydrogen-bond donors (Lipinski definition) is 0. The molecule has 1 nitrogen and oxygen atoms in total. The maximum atomic E-state index is 6.02. The minimum Gasteiger partial charge on any atom is -0.496 e. The van der Waals surface area contributed by atoms with Crippen molar-refractivity contribution < 1.29 is 4.74 Å². The molecule has 0 atom stereocenters. The summed E-state index contributed by atoms with van der Waals surface area (Å²) in [5.41, 5.74) is 1.80. The second kappa shape index (κ2) is 4.68. The summed E-state index contributed by atoms with van der Waals surface area (Å²) in [6.45, 7) is 3.90. The first kappa shape index (κ1) is 10.6. The van der Waals surface area contributed by atoms with Crippen LogP contribution in [0.25, 0.3) is 5.57 Å². The number of benzene rings is 1. The standard InChI is InChI=1S/C10H10BrClO/c1-7(6-11)10-8(12)4-3-5-9(10)13-2/h3-5H,1,6H2,2H3. The lowest BCUT2D eigenvalue weighted by atomic mass is 10.1. The van der Waals surface area contributed by atoms with Crippen LogP contribution >= 0.6 is 27.5 Å². The fraction of sp³-hybridized carbons (Fsp3) is 0.200. The van der Waals surface area contributed by atoms with Gasteiger partial charge in [0.2, 0.25) is 0 Å². The Balaban J connectivity index is 3.22. The fourth-order valence-corrected chi connectivity index (χ4v) is 1.66. The number of hydrogen-bond acceptors (Lipinski definition) is 1. The summed E-state index contributed by atoms with van der Waals surface area (Å²) in [6, 6.07) is 5.55. The quantitative estimate of drug-likeness (QED) is 0.753. The number of methoxy groups -OCH3 is 1. The van der Waals surface area contributed by atoms with Gasteiger partial charge in [0.15, 0.2) is 0 Å². The monoisotopic (exact) mass is 260 g/mol. The Bertz CT molecular complexity index is 323. The van der Waals surface area contributed by atoms with E-state index in [0.29, 0.717) is 10.4 Å². The molecule has 0 saturated carbocycles. The van der Waals surface area contributed by atoms with Gasteiger partial charge in [-0.25, -0.2) is 0 Å². The Morgan fingerprint density at radius 1 is 1.62 bits per heavy atom. The number of halogens is 2. The third kappa shape index (κ3) is 2.26. The van der Waals surface area contributed by atoms with Gasteiger partial charge in [0.05, 0.1) is 12.1 Å². The Kier molecular flexibility index (Phi) is 3.82. The Morgan fingerprint density at radius 3 is 2.85 bits per heavy atom. The van der Waals surface area contributed by atoms with Crippen LogP contribution in [-0.4, -0.2) is 12.4 Å². The molecule has 70 valence electrons. The molecule has 0 heterocycles. The normalized spacial score (nSPS) is 9.77. The topological polar surface area (TPSA) is 9.23 Å². The molecule has 13 heavy (non-hydrogen) atoms. The summed E-state index contributed by atoms with van der Waals surface area (Å²) < 4.78 is 5.18. The highest BCUT2D eigenvalue weighted by molar-refractivity contribution is 9.09. The Morgan fingerprint density at radius 2 is 2.31 bits per heavy atom. The highest BCUT2D eigenvalue weighted by Gasteiger charge is 2.09. The molecule has 0 fully saturated rings. The molecule has 0 saturated heterocycles. The summed E-state index contributed by atoms with van der Waals surface area (Å²) in [4.78, 5) is 0. The SMILES string of the molecule is C=C(CBr)c1c(Cl)cccc1OC. The van der Waals surface area contributed by atoms with Crippen molar-refractivity contribution in [2.75, 3.05) is 12.4 Å². The van der Waals surface area contributed by atoms with E-state index >= 15 is 0 Å². The van der Waals surface area contributed by atoms with E-state index in [1.165, 1.54) is 0 Å². The first-order valence-corrected chi connectivity index (χ1v) is 5.27. The Hall–Kier alpha value is -0.470. The zero-order chi connectivity index (χ0) is 9.84. The van der Waals surface area contributed by atoms with E-state index in [9.17, 15) is 0 Å². The molecule has 0 spiro atoms. The zero-order valence-corrected chi connectivity index (χ0v) is 9.65. The minimum atomic E-state index is 0.670. The third-order valence-corrected chi connectivity index (χ3v) is 2.70. The van der Waals surface area contributed by atoms with Gasteiger partial charge in [0, 0.05) is 10.9 Å². The molecule has 1 rings (SSSR count). The summed E-state index contributed by atoms with van der Waals surface area (Å²) in [6.07, 6.45) is 0. The Labute approximate surface area is 91.5 Å². The van der Waals surface area contributed by atoms with Crippen LogP contribution in [0.15, 0.2) is 24.8 Å². The minimum absolute atomic E-state index is 0.670. The third-order valence-electron chi connectivity index (χ3n) is 1.71. The molecule has 0 radical (unpaired) electrons. The van der Waals surface area contributed by atoms with Gasteiger partial charge in [-0.3, -0.25) is 0 Å². The van der Waals surface area contributed by atoms with Crippen LogP contribution in [0, 0.1) is 0 Å². The second-order valence-electron chi connectivity index (χ2n) is 2.55. The first-order valence-electron chi connectivity index (χ1n) is 3.77. The number of allylic oxidation sites excluding steroid dienone is 1. The molecule has 0 amide bonds. The molecular weight excluding hydrogens is 251 g/mol. The highest BCUT2D eigenvalue weighted by atomic mass is 79.9. The molecule has 0 unspecified atom stereocenters. The van der Waals surface area contributed by atoms with Gasteiger partial charge >= 0.3 is 0 Å². The molecule has 1 aromatic rings. The smallest absolute Gasteiger partial charge is 0.127 e. The molecule has 0 bridgehead atoms. The van der Waals surface area contributed by atoms with Crippen molar-refractivity contribution in [1.29, 1.82) is 0 Å². The lowest BCUT2D eigenvalue weighted by Gasteiger charge is -2.10. The van der Waals surface area contributed by atoms with Crippen molar-refractivity contribution in [3.05, 3.63) is 35.4 Å². The molecule has 0 aliphatic heterocycles. The zero-order valence-electron chi connectivity index (χ0n) is 7.31. The maximum absolute atomic E-state index is 6.02. The number of rotatable bonds is 3. The van der Waals surface area contributed by atoms with E-state index in [-0.39, 0.29) is 0 Å². The summed E-state index contributed by atoms with van der Waals surface area (Å²) in [5, 5.41) is 1.36. The van der Waals surface area contributed by atoms with Gasteiger partial charge in [-0.1, -0.05) is 40.2 Å². The van der Waals surface area contributed by atoms with Gasteiger partial charge in [0.25, 0.3) is 0 Å². The predicted octanol–water partition coefficient (Wildman–Crippen LogP) is 3.76. The van der Waals surface area contributed by atoms with Gasteiger partial charge in [-0.15, -0.1) is 0 Å². The van der Waals surface area contributed by atoms with Crippen molar-refractivity contribution in [2.45, 2.75) is 0 Å². The van der Waals surface area contributed by atoms with Crippen LogP contribution in [0.3, 0.4) is 0 Å². The molecular formula is C10H10BrClO. The average Bonchev–Trinajstić information content (AvgIpc) is 2.16. The molecule has 3 heteroatoms. The van der Waals surface area contributed by atoms with E-state index in [1.54, 1.807) is 7.11 Å². The predicted molar refractivity (Wildman–Crippen MR) is 60.8 cm³/mol. The van der Waals surface area contributed by atoms with Crippen LogP contribution in [0.2, 0.25) is 5.02 Å². The molecule has 0 N–H and O–H groups in total. The van der Waals surface area contributed by atoms with Gasteiger partial charge in [0.1, 0.15) is 5.75 Å². The van der Waals surface area contributed by atoms with Crippen LogP contribution in [0.1, 0.15) is 5.56 Å². The van der Waals surface area contributed by atoms with Crippen LogP contribution in [-0.2, 0) is 0 Å².